The van der Waals surface area contributed by atoms with Crippen LogP contribution >= 0.6 is 11.6 Å². The second kappa shape index (κ2) is 10.3. The molecule has 3 N–H and O–H groups in total. The molecule has 206 valence electrons. The Morgan fingerprint density at radius 3 is 2.65 bits per heavy atom. The van der Waals surface area contributed by atoms with Crippen molar-refractivity contribution in [3.63, 3.8) is 0 Å². The number of ether oxygens (including phenoxy) is 2. The fourth-order valence-electron chi connectivity index (χ4n) is 6.02. The van der Waals surface area contributed by atoms with E-state index in [2.05, 4.69) is 11.5 Å². The number of rotatable bonds is 6. The number of amides is 1. The molecule has 0 aliphatic carbocycles. The highest BCUT2D eigenvalue weighted by atomic mass is 35.5. The van der Waals surface area contributed by atoms with Gasteiger partial charge < -0.3 is 25.4 Å². The summed E-state index contributed by atoms with van der Waals surface area (Å²) in [4.78, 5) is 14.3. The van der Waals surface area contributed by atoms with Crippen LogP contribution in [-0.2, 0) is 18.4 Å². The molecule has 3 aliphatic rings. The lowest BCUT2D eigenvalue weighted by molar-refractivity contribution is 0.0840. The highest BCUT2D eigenvalue weighted by molar-refractivity contribution is 6.34. The number of primary amides is 1. The van der Waals surface area contributed by atoms with E-state index in [1.54, 1.807) is 4.90 Å². The van der Waals surface area contributed by atoms with E-state index in [0.717, 1.165) is 18.4 Å². The molecule has 3 aliphatic heterocycles. The van der Waals surface area contributed by atoms with Gasteiger partial charge in [0.25, 0.3) is 0 Å². The zero-order chi connectivity index (χ0) is 28.0. The quantitative estimate of drug-likeness (QED) is 0.422. The molecule has 0 spiro atoms. The van der Waals surface area contributed by atoms with Crippen molar-refractivity contribution >= 4 is 17.5 Å². The molecule has 1 amide bonds. The molecule has 7 nitrogen and oxygen atoms in total. The zero-order valence-corrected chi connectivity index (χ0v) is 22.4. The van der Waals surface area contributed by atoms with Crippen LogP contribution in [0.25, 0.3) is 11.1 Å². The number of nitrogens with zero attached hydrogens (tertiary/aromatic N) is 2. The van der Waals surface area contributed by atoms with Crippen LogP contribution in [0.4, 0.5) is 8.78 Å². The summed E-state index contributed by atoms with van der Waals surface area (Å²) in [5.41, 5.74) is 6.37. The lowest BCUT2D eigenvalue weighted by Crippen LogP contribution is -2.48. The second-order valence-corrected chi connectivity index (χ2v) is 10.8. The van der Waals surface area contributed by atoms with Gasteiger partial charge in [0.2, 0.25) is 5.91 Å². The van der Waals surface area contributed by atoms with Gasteiger partial charge in [-0.25, -0.2) is 8.78 Å². The van der Waals surface area contributed by atoms with Gasteiger partial charge in [-0.15, -0.1) is 0 Å². The van der Waals surface area contributed by atoms with Crippen molar-refractivity contribution in [3.8, 4) is 28.8 Å². The maximum atomic E-state index is 16.0. The molecule has 3 heterocycles. The standard InChI is InChI=1S/C30H27ClF2N4O3/c31-26-22(32)13-23-21(24(26)25-20(29(35)38)12-17-8-11-39-28(17)27(25)33)14-30(40-23,18-4-2-1-3-5-18)15-36-19-6-9-37(16-34)10-7-19/h1-5,12-13,19,36H,6-11,14-15H2,(H2,35,38)/t30-/m1/s1. The van der Waals surface area contributed by atoms with Crippen LogP contribution in [0.1, 0.15) is 39.9 Å². The third-order valence-electron chi connectivity index (χ3n) is 8.10. The first-order valence-corrected chi connectivity index (χ1v) is 13.6. The largest absolute Gasteiger partial charge is 0.490 e. The summed E-state index contributed by atoms with van der Waals surface area (Å²) in [7, 11) is 0. The summed E-state index contributed by atoms with van der Waals surface area (Å²) in [6.45, 7) is 1.96. The predicted octanol–water partition coefficient (Wildman–Crippen LogP) is 4.68. The number of likely N-dealkylation sites (tertiary alicyclic amines) is 1. The van der Waals surface area contributed by atoms with Crippen molar-refractivity contribution in [1.82, 2.24) is 10.2 Å². The van der Waals surface area contributed by atoms with Crippen LogP contribution in [-0.4, -0.2) is 43.1 Å². The number of nitrogens with one attached hydrogen (secondary N) is 1. The molecule has 0 aromatic heterocycles. The Labute approximate surface area is 235 Å². The molecular formula is C30H27ClF2N4O3. The van der Waals surface area contributed by atoms with E-state index in [-0.39, 0.29) is 52.3 Å². The first kappa shape index (κ1) is 26.4. The maximum Gasteiger partial charge on any atom is 0.249 e. The number of benzene rings is 3. The van der Waals surface area contributed by atoms with Crippen LogP contribution in [0.3, 0.4) is 0 Å². The molecule has 3 aromatic rings. The van der Waals surface area contributed by atoms with Gasteiger partial charge in [-0.1, -0.05) is 41.9 Å². The van der Waals surface area contributed by atoms with Crippen molar-refractivity contribution in [1.29, 1.82) is 5.26 Å². The number of carbonyl (C=O) groups is 1. The minimum absolute atomic E-state index is 0.0210. The van der Waals surface area contributed by atoms with Gasteiger partial charge in [-0.05, 0) is 24.5 Å². The normalized spacial score (nSPS) is 19.9. The third-order valence-corrected chi connectivity index (χ3v) is 8.47. The first-order valence-electron chi connectivity index (χ1n) is 13.2. The minimum atomic E-state index is -0.960. The van der Waals surface area contributed by atoms with Crippen molar-refractivity contribution < 1.29 is 23.0 Å². The molecule has 1 saturated heterocycles. The lowest BCUT2D eigenvalue weighted by Gasteiger charge is -2.34. The maximum absolute atomic E-state index is 16.0. The SMILES string of the molecule is N#CN1CCC(NC[C@@]2(c3ccccc3)Cc3c(cc(F)c(Cl)c3-c3c(C(N)=O)cc4c(c3F)OCC4)O2)CC1. The average molecular weight is 565 g/mol. The topological polar surface area (TPSA) is 101 Å². The molecule has 6 rings (SSSR count). The van der Waals surface area contributed by atoms with E-state index in [1.807, 2.05) is 30.3 Å². The van der Waals surface area contributed by atoms with Gasteiger partial charge in [0, 0.05) is 66.8 Å². The van der Waals surface area contributed by atoms with E-state index in [4.69, 9.17) is 26.8 Å². The van der Waals surface area contributed by atoms with E-state index >= 15 is 8.78 Å². The van der Waals surface area contributed by atoms with Crippen molar-refractivity contribution in [2.45, 2.75) is 37.3 Å². The van der Waals surface area contributed by atoms with E-state index in [1.165, 1.54) is 12.1 Å². The average Bonchev–Trinajstić information content (AvgIpc) is 3.59. The minimum Gasteiger partial charge on any atom is -0.490 e. The molecular weight excluding hydrogens is 538 g/mol. The van der Waals surface area contributed by atoms with Crippen LogP contribution in [0, 0.1) is 23.1 Å². The van der Waals surface area contributed by atoms with Crippen LogP contribution < -0.4 is 20.5 Å². The number of piperidine rings is 1. The van der Waals surface area contributed by atoms with Crippen molar-refractivity contribution in [2.75, 3.05) is 26.2 Å². The van der Waals surface area contributed by atoms with Crippen LogP contribution in [0.2, 0.25) is 5.02 Å². The number of nitrogens with two attached hydrogens (primary N) is 1. The van der Waals surface area contributed by atoms with E-state index in [0.29, 0.717) is 37.2 Å². The summed E-state index contributed by atoms with van der Waals surface area (Å²) < 4.78 is 43.4. The summed E-state index contributed by atoms with van der Waals surface area (Å²) in [6.07, 6.45) is 4.44. The molecule has 0 saturated carbocycles. The summed E-state index contributed by atoms with van der Waals surface area (Å²) >= 11 is 6.54. The van der Waals surface area contributed by atoms with Gasteiger partial charge in [-0.2, -0.15) is 5.26 Å². The van der Waals surface area contributed by atoms with E-state index < -0.39 is 23.1 Å². The first-order chi connectivity index (χ1) is 19.3. The molecule has 1 fully saturated rings. The number of hydrogen-bond donors (Lipinski definition) is 2. The number of hydrogen-bond acceptors (Lipinski definition) is 6. The van der Waals surface area contributed by atoms with Gasteiger partial charge in [0.05, 0.1) is 17.2 Å². The fraction of sp³-hybridized carbons (Fsp3) is 0.333. The molecule has 0 unspecified atom stereocenters. The molecule has 40 heavy (non-hydrogen) atoms. The number of carbonyl (C=O) groups excluding carboxylic acids is 1. The van der Waals surface area contributed by atoms with Crippen molar-refractivity contribution in [2.24, 2.45) is 5.73 Å². The summed E-state index contributed by atoms with van der Waals surface area (Å²) in [5.74, 6) is -2.20. The molecule has 0 bridgehead atoms. The highest BCUT2D eigenvalue weighted by Gasteiger charge is 2.44. The zero-order valence-electron chi connectivity index (χ0n) is 21.6. The van der Waals surface area contributed by atoms with Crippen molar-refractivity contribution in [3.05, 3.63) is 81.4 Å². The summed E-state index contributed by atoms with van der Waals surface area (Å²) in [5, 5.41) is 12.5. The molecule has 10 heteroatoms. The number of halogens is 3. The van der Waals surface area contributed by atoms with Crippen LogP contribution in [0.5, 0.6) is 11.5 Å². The Kier molecular flexibility index (Phi) is 6.77. The Morgan fingerprint density at radius 2 is 1.95 bits per heavy atom. The van der Waals surface area contributed by atoms with E-state index in [9.17, 15) is 10.1 Å². The van der Waals surface area contributed by atoms with Gasteiger partial charge in [0.15, 0.2) is 23.4 Å². The Hall–Kier alpha value is -3.87. The highest BCUT2D eigenvalue weighted by Crippen LogP contribution is 2.51. The lowest BCUT2D eigenvalue weighted by atomic mass is 9.84. The van der Waals surface area contributed by atoms with Crippen LogP contribution in [0.15, 0.2) is 42.5 Å². The molecule has 1 atom stereocenters. The molecule has 3 aromatic carbocycles. The second-order valence-electron chi connectivity index (χ2n) is 10.5. The monoisotopic (exact) mass is 564 g/mol. The summed E-state index contributed by atoms with van der Waals surface area (Å²) in [6, 6.07) is 12.4. The fourth-order valence-corrected chi connectivity index (χ4v) is 6.29. The Morgan fingerprint density at radius 1 is 1.20 bits per heavy atom. The van der Waals surface area contributed by atoms with Gasteiger partial charge in [0.1, 0.15) is 11.6 Å². The third kappa shape index (κ3) is 4.41. The molecule has 0 radical (unpaired) electrons. The van der Waals surface area contributed by atoms with Gasteiger partial charge >= 0.3 is 0 Å². The number of fused-ring (bicyclic) bond motifs is 2. The predicted molar refractivity (Wildman–Crippen MR) is 145 cm³/mol. The Bertz CT molecular complexity index is 1540. The number of nitriles is 1. The Balaban J connectivity index is 1.45. The van der Waals surface area contributed by atoms with Gasteiger partial charge in [-0.3, -0.25) is 4.79 Å². The smallest absolute Gasteiger partial charge is 0.249 e.